The summed E-state index contributed by atoms with van der Waals surface area (Å²) in [6.45, 7) is 5.73. The zero-order chi connectivity index (χ0) is 26.2. The molecule has 0 aliphatic carbocycles. The van der Waals surface area contributed by atoms with E-state index in [1.165, 1.54) is 12.0 Å². The second-order valence-electron chi connectivity index (χ2n) is 8.82. The molecule has 0 aromatic heterocycles. The van der Waals surface area contributed by atoms with Crippen LogP contribution < -0.4 is 21.5 Å². The molecular weight excluding hydrogens is 519 g/mol. The van der Waals surface area contributed by atoms with Crippen molar-refractivity contribution in [3.05, 3.63) is 41.5 Å². The van der Waals surface area contributed by atoms with Crippen LogP contribution in [0.15, 0.2) is 30.4 Å². The number of hydrogen-bond acceptors (Lipinski definition) is 6. The van der Waals surface area contributed by atoms with E-state index in [0.29, 0.717) is 43.3 Å². The molecule has 1 aromatic carbocycles. The van der Waals surface area contributed by atoms with Crippen molar-refractivity contribution < 1.29 is 24.2 Å². The van der Waals surface area contributed by atoms with E-state index in [4.69, 9.17) is 16.2 Å². The number of ether oxygens (including phenoxy) is 1. The first-order valence-corrected chi connectivity index (χ1v) is 12.2. The molecular formula is C26H44Cl2N4O5. The number of unbranched alkanes of at least 4 members (excludes halogenated alkanes) is 2. The Morgan fingerprint density at radius 1 is 1.11 bits per heavy atom. The summed E-state index contributed by atoms with van der Waals surface area (Å²) in [5.74, 6) is -1.67. The summed E-state index contributed by atoms with van der Waals surface area (Å²) in [4.78, 5) is 38.3. The van der Waals surface area contributed by atoms with E-state index in [1.807, 2.05) is 0 Å². The normalized spacial score (nSPS) is 11.4. The Morgan fingerprint density at radius 3 is 2.30 bits per heavy atom. The summed E-state index contributed by atoms with van der Waals surface area (Å²) >= 11 is 0. The number of carbonyl (C=O) groups is 3. The number of nitrogens with two attached hydrogens (primary N) is 2. The number of methoxy groups -OCH3 is 1. The van der Waals surface area contributed by atoms with Crippen LogP contribution in [0.25, 0.3) is 0 Å². The minimum absolute atomic E-state index is 0. The molecule has 0 heterocycles. The SMILES string of the molecule is COc1cc(CNC(=O)CCCC/C=C/C(C)C)ccc1C(CC(=O)N(CCN)CCN)C(=O)O.Cl.Cl. The van der Waals surface area contributed by atoms with Crippen LogP contribution >= 0.6 is 24.8 Å². The van der Waals surface area contributed by atoms with E-state index in [9.17, 15) is 19.5 Å². The van der Waals surface area contributed by atoms with Gasteiger partial charge in [0, 0.05) is 51.1 Å². The smallest absolute Gasteiger partial charge is 0.311 e. The van der Waals surface area contributed by atoms with Crippen LogP contribution in [0.4, 0.5) is 0 Å². The molecule has 0 saturated heterocycles. The van der Waals surface area contributed by atoms with Crippen LogP contribution in [0, 0.1) is 5.92 Å². The quantitative estimate of drug-likeness (QED) is 0.168. The number of carboxylic acids is 1. The van der Waals surface area contributed by atoms with Crippen LogP contribution in [-0.2, 0) is 20.9 Å². The Hall–Kier alpha value is -2.33. The third kappa shape index (κ3) is 14.3. The molecule has 6 N–H and O–H groups in total. The standard InChI is InChI=1S/C26H42N4O5.2ClH/c1-19(2)8-6-4-5-7-9-24(31)29-18-20-10-11-21(23(16-20)35-3)22(26(33)34)17-25(32)30(14-12-27)15-13-28;;/h6,8,10-11,16,19,22H,4-5,7,9,12-15,17-18,27-28H2,1-3H3,(H,29,31)(H,33,34);2*1H/b8-6+;;. The molecule has 0 spiro atoms. The fourth-order valence-electron chi connectivity index (χ4n) is 3.67. The number of aliphatic carboxylic acids is 1. The largest absolute Gasteiger partial charge is 0.496 e. The molecule has 1 unspecified atom stereocenters. The summed E-state index contributed by atoms with van der Waals surface area (Å²) in [6.07, 6.45) is 7.29. The Balaban J connectivity index is 0. The summed E-state index contributed by atoms with van der Waals surface area (Å²) in [7, 11) is 1.45. The Kier molecular flexibility index (Phi) is 20.6. The lowest BCUT2D eigenvalue weighted by molar-refractivity contribution is -0.142. The average molecular weight is 564 g/mol. The van der Waals surface area contributed by atoms with Gasteiger partial charge < -0.3 is 31.5 Å². The van der Waals surface area contributed by atoms with Crippen molar-refractivity contribution in [3.8, 4) is 5.75 Å². The highest BCUT2D eigenvalue weighted by Crippen LogP contribution is 2.31. The van der Waals surface area contributed by atoms with E-state index in [0.717, 1.165) is 24.8 Å². The number of hydrogen-bond donors (Lipinski definition) is 4. The number of allylic oxidation sites excluding steroid dienone is 2. The van der Waals surface area contributed by atoms with Crippen LogP contribution in [0.1, 0.15) is 63.0 Å². The monoisotopic (exact) mass is 562 g/mol. The van der Waals surface area contributed by atoms with Crippen molar-refractivity contribution in [2.24, 2.45) is 17.4 Å². The van der Waals surface area contributed by atoms with Gasteiger partial charge in [0.1, 0.15) is 5.75 Å². The highest BCUT2D eigenvalue weighted by atomic mass is 35.5. The first-order chi connectivity index (χ1) is 16.7. The number of nitrogens with one attached hydrogen (secondary N) is 1. The molecule has 1 aromatic rings. The topological polar surface area (TPSA) is 148 Å². The zero-order valence-electron chi connectivity index (χ0n) is 22.1. The summed E-state index contributed by atoms with van der Waals surface area (Å²) in [6, 6.07) is 5.08. The van der Waals surface area contributed by atoms with Gasteiger partial charge in [0.25, 0.3) is 0 Å². The number of nitrogens with zero attached hydrogens (tertiary/aromatic N) is 1. The molecule has 0 fully saturated rings. The second-order valence-corrected chi connectivity index (χ2v) is 8.82. The summed E-state index contributed by atoms with van der Waals surface area (Å²) < 4.78 is 5.43. The summed E-state index contributed by atoms with van der Waals surface area (Å²) in [5.41, 5.74) is 12.3. The zero-order valence-corrected chi connectivity index (χ0v) is 23.7. The third-order valence-corrected chi connectivity index (χ3v) is 5.54. The average Bonchev–Trinajstić information content (AvgIpc) is 2.82. The molecule has 11 heteroatoms. The Bertz CT molecular complexity index is 846. The van der Waals surface area contributed by atoms with E-state index in [-0.39, 0.29) is 56.1 Å². The number of carboxylic acid groups (broad SMARTS) is 1. The van der Waals surface area contributed by atoms with Crippen LogP contribution in [0.3, 0.4) is 0 Å². The number of rotatable bonds is 17. The van der Waals surface area contributed by atoms with Crippen LogP contribution in [-0.4, -0.2) is 61.1 Å². The molecule has 212 valence electrons. The van der Waals surface area contributed by atoms with Gasteiger partial charge in [-0.1, -0.05) is 38.1 Å². The third-order valence-electron chi connectivity index (χ3n) is 5.54. The number of amides is 2. The van der Waals surface area contributed by atoms with Gasteiger partial charge in [-0.05, 0) is 36.8 Å². The lowest BCUT2D eigenvalue weighted by Gasteiger charge is -2.24. The van der Waals surface area contributed by atoms with E-state index in [2.05, 4.69) is 31.3 Å². The van der Waals surface area contributed by atoms with Crippen LogP contribution in [0.2, 0.25) is 0 Å². The van der Waals surface area contributed by atoms with Crippen LogP contribution in [0.5, 0.6) is 5.75 Å². The number of carbonyl (C=O) groups excluding carboxylic acids is 2. The van der Waals surface area contributed by atoms with Gasteiger partial charge in [0.15, 0.2) is 0 Å². The Labute approximate surface area is 233 Å². The van der Waals surface area contributed by atoms with E-state index < -0.39 is 11.9 Å². The molecule has 0 aliphatic rings. The summed E-state index contributed by atoms with van der Waals surface area (Å²) in [5, 5.41) is 12.7. The number of benzene rings is 1. The van der Waals surface area contributed by atoms with Gasteiger partial charge in [-0.2, -0.15) is 0 Å². The fraction of sp³-hybridized carbons (Fsp3) is 0.577. The van der Waals surface area contributed by atoms with E-state index in [1.54, 1.807) is 18.2 Å². The predicted octanol–water partition coefficient (Wildman–Crippen LogP) is 3.23. The van der Waals surface area contributed by atoms with E-state index >= 15 is 0 Å². The first-order valence-electron chi connectivity index (χ1n) is 12.2. The molecule has 0 radical (unpaired) electrons. The van der Waals surface area contributed by atoms with Crippen molar-refractivity contribution >= 4 is 42.6 Å². The van der Waals surface area contributed by atoms with Gasteiger partial charge in [-0.15, -0.1) is 24.8 Å². The second kappa shape index (κ2) is 20.7. The molecule has 2 amide bonds. The maximum absolute atomic E-state index is 12.7. The highest BCUT2D eigenvalue weighted by Gasteiger charge is 2.28. The first kappa shape index (κ1) is 36.8. The van der Waals surface area contributed by atoms with Crippen molar-refractivity contribution in [1.29, 1.82) is 0 Å². The maximum Gasteiger partial charge on any atom is 0.311 e. The molecule has 1 atom stereocenters. The van der Waals surface area contributed by atoms with Crippen molar-refractivity contribution in [3.63, 3.8) is 0 Å². The van der Waals surface area contributed by atoms with Gasteiger partial charge in [-0.3, -0.25) is 14.4 Å². The molecule has 1 rings (SSSR count). The number of halogens is 2. The van der Waals surface area contributed by atoms with Gasteiger partial charge in [-0.25, -0.2) is 0 Å². The molecule has 0 bridgehead atoms. The van der Waals surface area contributed by atoms with Gasteiger partial charge in [0.2, 0.25) is 11.8 Å². The minimum atomic E-state index is -1.12. The Morgan fingerprint density at radius 2 is 1.76 bits per heavy atom. The van der Waals surface area contributed by atoms with Crippen molar-refractivity contribution in [1.82, 2.24) is 10.2 Å². The van der Waals surface area contributed by atoms with Gasteiger partial charge in [0.05, 0.1) is 13.0 Å². The van der Waals surface area contributed by atoms with Crippen molar-refractivity contribution in [2.45, 2.75) is 58.4 Å². The maximum atomic E-state index is 12.7. The highest BCUT2D eigenvalue weighted by molar-refractivity contribution is 5.86. The molecule has 37 heavy (non-hydrogen) atoms. The van der Waals surface area contributed by atoms with Crippen molar-refractivity contribution in [2.75, 3.05) is 33.3 Å². The lowest BCUT2D eigenvalue weighted by atomic mass is 9.93. The predicted molar refractivity (Wildman–Crippen MR) is 151 cm³/mol. The minimum Gasteiger partial charge on any atom is -0.496 e. The molecule has 0 saturated carbocycles. The lowest BCUT2D eigenvalue weighted by Crippen LogP contribution is -2.40. The van der Waals surface area contributed by atoms with Gasteiger partial charge >= 0.3 is 5.97 Å². The molecule has 0 aliphatic heterocycles. The fourth-order valence-corrected chi connectivity index (χ4v) is 3.67. The molecule has 9 nitrogen and oxygen atoms in total.